The summed E-state index contributed by atoms with van der Waals surface area (Å²) in [4.78, 5) is 28.0. The number of carbonyl (C=O) groups is 2. The first-order chi connectivity index (χ1) is 26.0. The van der Waals surface area contributed by atoms with Gasteiger partial charge < -0.3 is 27.8 Å². The van der Waals surface area contributed by atoms with Crippen LogP contribution >= 0.6 is 0 Å². The summed E-state index contributed by atoms with van der Waals surface area (Å²) in [6.07, 6.45) is 2.58. The second kappa shape index (κ2) is 20.0. The molecule has 1 aliphatic heterocycles. The van der Waals surface area contributed by atoms with Crippen molar-refractivity contribution in [2.24, 2.45) is 11.8 Å². The highest BCUT2D eigenvalue weighted by atomic mass is 28.4. The Morgan fingerprint density at radius 3 is 2.02 bits per heavy atom. The number of Topliss-reactive ketones (excluding diaryl/α,β-unsaturated/α-hetero) is 1. The molecule has 0 spiro atoms. The molecule has 8 nitrogen and oxygen atoms in total. The first-order valence-electron chi connectivity index (χ1n) is 21.2. The van der Waals surface area contributed by atoms with Gasteiger partial charge >= 0.3 is 5.97 Å². The van der Waals surface area contributed by atoms with Gasteiger partial charge in [0.1, 0.15) is 30.0 Å². The summed E-state index contributed by atoms with van der Waals surface area (Å²) in [5, 5.41) is -0.0964. The van der Waals surface area contributed by atoms with Crippen molar-refractivity contribution >= 4 is 28.4 Å². The van der Waals surface area contributed by atoms with Crippen molar-refractivity contribution < 1.29 is 37.4 Å². The third kappa shape index (κ3) is 12.3. The van der Waals surface area contributed by atoms with Crippen molar-refractivity contribution in [1.82, 2.24) is 0 Å². The van der Waals surface area contributed by atoms with Crippen LogP contribution in [0.5, 0.6) is 11.5 Å². The van der Waals surface area contributed by atoms with Gasteiger partial charge in [0.25, 0.3) is 0 Å². The van der Waals surface area contributed by atoms with E-state index in [0.29, 0.717) is 45.0 Å². The smallest absolute Gasteiger partial charge is 0.343 e. The Morgan fingerprint density at radius 1 is 0.839 bits per heavy atom. The molecule has 3 rings (SSSR count). The van der Waals surface area contributed by atoms with Gasteiger partial charge in [-0.05, 0) is 92.0 Å². The molecule has 56 heavy (non-hydrogen) atoms. The van der Waals surface area contributed by atoms with Crippen LogP contribution in [0.25, 0.3) is 0 Å². The molecule has 0 bridgehead atoms. The zero-order valence-corrected chi connectivity index (χ0v) is 39.7. The van der Waals surface area contributed by atoms with Crippen LogP contribution in [-0.2, 0) is 47.5 Å². The van der Waals surface area contributed by atoms with Crippen molar-refractivity contribution in [3.63, 3.8) is 0 Å². The zero-order valence-electron chi connectivity index (χ0n) is 37.7. The lowest BCUT2D eigenvalue weighted by Crippen LogP contribution is -2.52. The maximum atomic E-state index is 14.4. The fourth-order valence-corrected chi connectivity index (χ4v) is 8.89. The van der Waals surface area contributed by atoms with E-state index in [1.165, 1.54) is 0 Å². The topological polar surface area (TPSA) is 92.8 Å². The van der Waals surface area contributed by atoms with Crippen LogP contribution < -0.4 is 9.47 Å². The van der Waals surface area contributed by atoms with Crippen LogP contribution in [0.2, 0.25) is 36.3 Å². The van der Waals surface area contributed by atoms with Crippen LogP contribution in [0.4, 0.5) is 0 Å². The molecule has 4 atom stereocenters. The summed E-state index contributed by atoms with van der Waals surface area (Å²) >= 11 is 0. The number of rotatable bonds is 23. The van der Waals surface area contributed by atoms with E-state index < -0.39 is 34.3 Å². The SMILES string of the molecule is CCC[C@@H](CCOc1ccc(CC(C)C)c(OCc2ccccc2)c1CO[Si](C)(C)C(C)(C)C)C(=O)CC(O[Si](C)(C)C(C)(C)C)C1(C(=O)OCC)O[C@H]1CC. The third-order valence-electron chi connectivity index (χ3n) is 12.2. The van der Waals surface area contributed by atoms with E-state index in [9.17, 15) is 9.59 Å². The van der Waals surface area contributed by atoms with Crippen molar-refractivity contribution in [2.45, 2.75) is 182 Å². The number of carbonyl (C=O) groups excluding carboxylic acids is 2. The minimum Gasteiger partial charge on any atom is -0.493 e. The number of ether oxygens (including phenoxy) is 4. The highest BCUT2D eigenvalue weighted by molar-refractivity contribution is 6.74. The van der Waals surface area contributed by atoms with Gasteiger partial charge in [0.2, 0.25) is 5.60 Å². The quantitative estimate of drug-likeness (QED) is 0.0622. The molecule has 316 valence electrons. The third-order valence-corrected chi connectivity index (χ3v) is 21.1. The van der Waals surface area contributed by atoms with Crippen LogP contribution in [0.15, 0.2) is 42.5 Å². The number of hydrogen-bond donors (Lipinski definition) is 0. The Kier molecular flexibility index (Phi) is 17.1. The molecule has 2 unspecified atom stereocenters. The van der Waals surface area contributed by atoms with E-state index >= 15 is 0 Å². The average molecular weight is 813 g/mol. The highest BCUT2D eigenvalue weighted by Gasteiger charge is 2.69. The minimum atomic E-state index is -2.41. The van der Waals surface area contributed by atoms with E-state index in [-0.39, 0.29) is 40.9 Å². The Bertz CT molecular complexity index is 1560. The normalized spacial score (nSPS) is 18.8. The fraction of sp³-hybridized carbons (Fsp3) is 0.696. The van der Waals surface area contributed by atoms with Gasteiger partial charge in [-0.1, -0.05) is 112 Å². The number of esters is 1. The molecule has 1 saturated heterocycles. The van der Waals surface area contributed by atoms with E-state index in [2.05, 4.69) is 113 Å². The van der Waals surface area contributed by atoms with Crippen molar-refractivity contribution in [1.29, 1.82) is 0 Å². The first-order valence-corrected chi connectivity index (χ1v) is 27.0. The van der Waals surface area contributed by atoms with Gasteiger partial charge in [0.15, 0.2) is 16.6 Å². The Morgan fingerprint density at radius 2 is 1.48 bits per heavy atom. The molecule has 0 aromatic heterocycles. The van der Waals surface area contributed by atoms with Gasteiger partial charge in [-0.15, -0.1) is 0 Å². The molecule has 1 aliphatic rings. The lowest BCUT2D eigenvalue weighted by Gasteiger charge is -2.40. The summed E-state index contributed by atoms with van der Waals surface area (Å²) < 4.78 is 38.9. The molecule has 1 fully saturated rings. The number of hydrogen-bond acceptors (Lipinski definition) is 8. The summed E-state index contributed by atoms with van der Waals surface area (Å²) in [6.45, 7) is 33.8. The maximum absolute atomic E-state index is 14.4. The second-order valence-corrected chi connectivity index (χ2v) is 28.7. The number of ketones is 1. The molecule has 2 aromatic carbocycles. The van der Waals surface area contributed by atoms with Crippen LogP contribution in [0.3, 0.4) is 0 Å². The molecule has 1 heterocycles. The van der Waals surface area contributed by atoms with Gasteiger partial charge in [-0.2, -0.15) is 0 Å². The number of epoxide rings is 1. The van der Waals surface area contributed by atoms with Crippen LogP contribution in [0.1, 0.15) is 125 Å². The molecule has 0 N–H and O–H groups in total. The predicted molar refractivity (Wildman–Crippen MR) is 232 cm³/mol. The van der Waals surface area contributed by atoms with Gasteiger partial charge in [0.05, 0.1) is 31.5 Å². The van der Waals surface area contributed by atoms with Crippen LogP contribution in [0, 0.1) is 11.8 Å². The van der Waals surface area contributed by atoms with Gasteiger partial charge in [0, 0.05) is 12.3 Å². The summed E-state index contributed by atoms with van der Waals surface area (Å²) in [5.74, 6) is 1.33. The highest BCUT2D eigenvalue weighted by Crippen LogP contribution is 2.49. The van der Waals surface area contributed by atoms with Gasteiger partial charge in [-0.3, -0.25) is 4.79 Å². The van der Waals surface area contributed by atoms with E-state index in [1.807, 2.05) is 25.1 Å². The van der Waals surface area contributed by atoms with Gasteiger partial charge in [-0.25, -0.2) is 4.79 Å². The molecular formula is C46H76O8Si2. The number of benzene rings is 2. The molecule has 2 aromatic rings. The lowest BCUT2D eigenvalue weighted by molar-refractivity contribution is -0.154. The second-order valence-electron chi connectivity index (χ2n) is 19.1. The first kappa shape index (κ1) is 47.9. The van der Waals surface area contributed by atoms with Crippen molar-refractivity contribution in [3.05, 3.63) is 59.2 Å². The molecular weight excluding hydrogens is 737 g/mol. The molecule has 0 amide bonds. The lowest BCUT2D eigenvalue weighted by atomic mass is 9.87. The van der Waals surface area contributed by atoms with E-state index in [4.69, 9.17) is 27.8 Å². The van der Waals surface area contributed by atoms with E-state index in [1.54, 1.807) is 6.92 Å². The van der Waals surface area contributed by atoms with Crippen molar-refractivity contribution in [2.75, 3.05) is 13.2 Å². The maximum Gasteiger partial charge on any atom is 0.343 e. The standard InChI is InChI=1S/C46H76O8Si2/c1-16-22-35(38(47)30-41(54-56(14,15)45(9,10)11)46(40(17-2)53-46)43(48)49-18-3)27-28-50-39-26-25-36(29-33(4)5)42(51-31-34-23-20-19-21-24-34)37(39)32-52-55(12,13)44(6,7)8/h19-21,23-26,33,35,40-41H,16-18,22,27-32H2,1-15H3/t35-,40-,41?,46?/m0/s1. The Labute approximate surface area is 342 Å². The average Bonchev–Trinajstić information content (AvgIpc) is 3.85. The molecule has 0 saturated carbocycles. The summed E-state index contributed by atoms with van der Waals surface area (Å²) in [7, 11) is -4.54. The fourth-order valence-electron chi connectivity index (χ4n) is 6.62. The van der Waals surface area contributed by atoms with E-state index in [0.717, 1.165) is 41.0 Å². The van der Waals surface area contributed by atoms with Crippen molar-refractivity contribution in [3.8, 4) is 11.5 Å². The summed E-state index contributed by atoms with van der Waals surface area (Å²) in [5.41, 5.74) is 1.87. The Hall–Kier alpha value is -2.51. The molecule has 0 radical (unpaired) electrons. The minimum absolute atomic E-state index is 0.0308. The Balaban J connectivity index is 1.95. The largest absolute Gasteiger partial charge is 0.493 e. The molecule has 0 aliphatic carbocycles. The zero-order chi connectivity index (χ0) is 42.1. The predicted octanol–water partition coefficient (Wildman–Crippen LogP) is 11.6. The summed E-state index contributed by atoms with van der Waals surface area (Å²) in [6, 6.07) is 14.4. The molecule has 10 heteroatoms. The van der Waals surface area contributed by atoms with Crippen LogP contribution in [-0.4, -0.2) is 59.4 Å². The monoisotopic (exact) mass is 813 g/mol.